The van der Waals surface area contributed by atoms with Crippen molar-refractivity contribution in [1.29, 1.82) is 0 Å². The van der Waals surface area contributed by atoms with E-state index in [1.54, 1.807) is 0 Å². The maximum absolute atomic E-state index is 8.33. The standard InChI is InChI=1S/C5H8.CH2O3/c1-3-5-4-2;2-1(3)4/h1H,4-5H2,2H3;(H2,2,3,4)/p-2. The summed E-state index contributed by atoms with van der Waals surface area (Å²) < 4.78 is 0. The van der Waals surface area contributed by atoms with Crippen molar-refractivity contribution in [3.63, 3.8) is 0 Å². The van der Waals surface area contributed by atoms with Crippen LogP contribution < -0.4 is 10.2 Å². The van der Waals surface area contributed by atoms with Gasteiger partial charge >= 0.3 is 0 Å². The molecule has 52 valence electrons. The molecule has 0 radical (unpaired) electrons. The molecule has 9 heavy (non-hydrogen) atoms. The molecular formula is C6H8O3-2. The summed E-state index contributed by atoms with van der Waals surface area (Å²) in [7, 11) is 0. The minimum Gasteiger partial charge on any atom is -0.652 e. The summed E-state index contributed by atoms with van der Waals surface area (Å²) in [4.78, 5) is 8.33. The van der Waals surface area contributed by atoms with Crippen LogP contribution in [-0.4, -0.2) is 6.16 Å². The van der Waals surface area contributed by atoms with Crippen LogP contribution in [0.5, 0.6) is 0 Å². The van der Waals surface area contributed by atoms with E-state index >= 15 is 0 Å². The monoisotopic (exact) mass is 128 g/mol. The lowest BCUT2D eigenvalue weighted by Gasteiger charge is -1.96. The Hall–Kier alpha value is -1.17. The van der Waals surface area contributed by atoms with Crippen LogP contribution in [-0.2, 0) is 0 Å². The van der Waals surface area contributed by atoms with Crippen molar-refractivity contribution < 1.29 is 15.0 Å². The van der Waals surface area contributed by atoms with Gasteiger partial charge < -0.3 is 15.0 Å². The number of rotatable bonds is 1. The average Bonchev–Trinajstić information content (AvgIpc) is 1.66. The van der Waals surface area contributed by atoms with Crippen LogP contribution in [0, 0.1) is 12.3 Å². The van der Waals surface area contributed by atoms with Gasteiger partial charge in [-0.05, 0) is 12.6 Å². The van der Waals surface area contributed by atoms with Gasteiger partial charge in [0.1, 0.15) is 0 Å². The van der Waals surface area contributed by atoms with Crippen LogP contribution in [0.25, 0.3) is 0 Å². The number of unbranched alkanes of at least 4 members (excludes halogenated alkanes) is 1. The molecule has 3 nitrogen and oxygen atoms in total. The number of hydrogen-bond acceptors (Lipinski definition) is 3. The lowest BCUT2D eigenvalue weighted by atomic mass is 10.4. The Balaban J connectivity index is 0. The fourth-order valence-electron chi connectivity index (χ4n) is 0.144. The van der Waals surface area contributed by atoms with E-state index in [2.05, 4.69) is 12.8 Å². The molecule has 0 aliphatic rings. The van der Waals surface area contributed by atoms with E-state index in [1.807, 2.05) is 0 Å². The van der Waals surface area contributed by atoms with Gasteiger partial charge in [0.15, 0.2) is 0 Å². The van der Waals surface area contributed by atoms with Gasteiger partial charge in [0, 0.05) is 6.42 Å². The molecule has 3 heteroatoms. The van der Waals surface area contributed by atoms with E-state index < -0.39 is 6.16 Å². The van der Waals surface area contributed by atoms with Crippen molar-refractivity contribution >= 4 is 6.16 Å². The first-order valence-corrected chi connectivity index (χ1v) is 2.46. The summed E-state index contributed by atoms with van der Waals surface area (Å²) in [5.74, 6) is 2.52. The summed E-state index contributed by atoms with van der Waals surface area (Å²) >= 11 is 0. The second-order valence-electron chi connectivity index (χ2n) is 1.20. The number of carbonyl (C=O) groups excluding carboxylic acids is 1. The first-order chi connectivity index (χ1) is 4.15. The van der Waals surface area contributed by atoms with Gasteiger partial charge in [-0.1, -0.05) is 6.92 Å². The third kappa shape index (κ3) is 231. The molecule has 0 unspecified atom stereocenters. The van der Waals surface area contributed by atoms with E-state index in [-0.39, 0.29) is 0 Å². The van der Waals surface area contributed by atoms with Crippen LogP contribution in [0.4, 0.5) is 4.79 Å². The topological polar surface area (TPSA) is 63.2 Å². The van der Waals surface area contributed by atoms with Crippen LogP contribution in [0.1, 0.15) is 19.8 Å². The zero-order valence-electron chi connectivity index (χ0n) is 5.22. The molecule has 0 aromatic carbocycles. The van der Waals surface area contributed by atoms with Gasteiger partial charge in [0.05, 0.1) is 0 Å². The Labute approximate surface area is 54.3 Å². The highest BCUT2D eigenvalue weighted by Crippen LogP contribution is 1.77. The Bertz CT molecular complexity index is 97.4. The molecule has 0 aliphatic heterocycles. The molecule has 0 N–H and O–H groups in total. The van der Waals surface area contributed by atoms with Crippen molar-refractivity contribution in [2.45, 2.75) is 19.8 Å². The smallest absolute Gasteiger partial charge is 0.00834 e. The van der Waals surface area contributed by atoms with Crippen LogP contribution in [0.15, 0.2) is 0 Å². The van der Waals surface area contributed by atoms with Gasteiger partial charge in [-0.2, -0.15) is 0 Å². The van der Waals surface area contributed by atoms with Crippen molar-refractivity contribution in [2.24, 2.45) is 0 Å². The largest absolute Gasteiger partial charge is 0.652 e. The second kappa shape index (κ2) is 9.95. The first kappa shape index (κ1) is 10.7. The maximum atomic E-state index is 8.33. The molecule has 0 heterocycles. The second-order valence-corrected chi connectivity index (χ2v) is 1.20. The first-order valence-electron chi connectivity index (χ1n) is 2.46. The highest BCUT2D eigenvalue weighted by molar-refractivity contribution is 5.47. The molecule has 0 amide bonds. The Kier molecular flexibility index (Phi) is 11.9. The summed E-state index contributed by atoms with van der Waals surface area (Å²) in [6.45, 7) is 2.07. The Morgan fingerprint density at radius 3 is 2.00 bits per heavy atom. The summed E-state index contributed by atoms with van der Waals surface area (Å²) in [5, 5.41) is 16.7. The molecular weight excluding hydrogens is 120 g/mol. The normalized spacial score (nSPS) is 6.22. The number of hydrogen-bond donors (Lipinski definition) is 0. The molecule has 0 saturated carbocycles. The van der Waals surface area contributed by atoms with Crippen molar-refractivity contribution in [2.75, 3.05) is 0 Å². The predicted molar refractivity (Wildman–Crippen MR) is 29.1 cm³/mol. The molecule has 0 aromatic rings. The van der Waals surface area contributed by atoms with Gasteiger partial charge in [0.2, 0.25) is 0 Å². The molecule has 0 bridgehead atoms. The van der Waals surface area contributed by atoms with Crippen molar-refractivity contribution in [3.05, 3.63) is 0 Å². The van der Waals surface area contributed by atoms with Crippen LogP contribution in [0.3, 0.4) is 0 Å². The van der Waals surface area contributed by atoms with E-state index in [4.69, 9.17) is 21.4 Å². The minimum absolute atomic E-state index is 0.917. The van der Waals surface area contributed by atoms with E-state index in [9.17, 15) is 0 Å². The molecule has 0 spiro atoms. The van der Waals surface area contributed by atoms with Gasteiger partial charge in [-0.25, -0.2) is 0 Å². The summed E-state index contributed by atoms with van der Waals surface area (Å²) in [5.41, 5.74) is 0. The highest BCUT2D eigenvalue weighted by Gasteiger charge is 1.61. The van der Waals surface area contributed by atoms with Gasteiger partial charge in [-0.15, -0.1) is 12.3 Å². The zero-order valence-corrected chi connectivity index (χ0v) is 5.22. The Morgan fingerprint density at radius 1 is 1.67 bits per heavy atom. The number of terminal acetylenes is 1. The van der Waals surface area contributed by atoms with Gasteiger partial charge in [-0.3, -0.25) is 0 Å². The van der Waals surface area contributed by atoms with E-state index in [0.29, 0.717) is 0 Å². The quantitative estimate of drug-likeness (QED) is 0.424. The van der Waals surface area contributed by atoms with Crippen molar-refractivity contribution in [3.8, 4) is 12.3 Å². The molecule has 0 rings (SSSR count). The Morgan fingerprint density at radius 2 is 2.00 bits per heavy atom. The highest BCUT2D eigenvalue weighted by atomic mass is 16.6. The fraction of sp³-hybridized carbons (Fsp3) is 0.500. The predicted octanol–water partition coefficient (Wildman–Crippen LogP) is -1.03. The lowest BCUT2D eigenvalue weighted by Crippen LogP contribution is -2.37. The average molecular weight is 128 g/mol. The third-order valence-electron chi connectivity index (χ3n) is 0.394. The van der Waals surface area contributed by atoms with Crippen LogP contribution in [0.2, 0.25) is 0 Å². The fourth-order valence-corrected chi connectivity index (χ4v) is 0.144. The van der Waals surface area contributed by atoms with E-state index in [0.717, 1.165) is 12.8 Å². The summed E-state index contributed by atoms with van der Waals surface area (Å²) in [6, 6.07) is 0. The van der Waals surface area contributed by atoms with Gasteiger partial charge in [0.25, 0.3) is 0 Å². The molecule has 0 saturated heterocycles. The van der Waals surface area contributed by atoms with E-state index in [1.165, 1.54) is 0 Å². The molecule has 0 aliphatic carbocycles. The maximum Gasteiger partial charge on any atom is 0.00834 e. The lowest BCUT2D eigenvalue weighted by molar-refractivity contribution is -0.415. The molecule has 0 aromatic heterocycles. The van der Waals surface area contributed by atoms with Crippen molar-refractivity contribution in [1.82, 2.24) is 0 Å². The summed E-state index contributed by atoms with van der Waals surface area (Å²) in [6.07, 6.45) is 4.58. The zero-order chi connectivity index (χ0) is 7.70. The molecule has 0 fully saturated rings. The third-order valence-corrected chi connectivity index (χ3v) is 0.394. The number of carbonyl (C=O) groups is 1. The minimum atomic E-state index is -2.33. The SMILES string of the molecule is C#CCCC.O=C([O-])[O-]. The van der Waals surface area contributed by atoms with Crippen LogP contribution >= 0.6 is 0 Å². The number of carboxylic acid groups (broad SMARTS) is 2. The molecule has 0 atom stereocenters.